The Hall–Kier alpha value is -2.89. The summed E-state index contributed by atoms with van der Waals surface area (Å²) in [6.07, 6.45) is 1.43. The highest BCUT2D eigenvalue weighted by Gasteiger charge is 2.15. The number of ether oxygens (including phenoxy) is 1. The molecule has 0 bridgehead atoms. The third-order valence-corrected chi connectivity index (χ3v) is 3.26. The minimum Gasteiger partial charge on any atom is -0.484 e. The van der Waals surface area contributed by atoms with Crippen molar-refractivity contribution < 1.29 is 14.6 Å². The summed E-state index contributed by atoms with van der Waals surface area (Å²) >= 11 is 0. The predicted octanol–water partition coefficient (Wildman–Crippen LogP) is 2.25. The van der Waals surface area contributed by atoms with E-state index in [0.717, 1.165) is 10.8 Å². The zero-order valence-corrected chi connectivity index (χ0v) is 11.4. The molecule has 1 N–H and O–H groups in total. The molecule has 0 unspecified atom stereocenters. The number of nitrogens with zero attached hydrogens (tertiary/aromatic N) is 3. The molecule has 6 nitrogen and oxygen atoms in total. The summed E-state index contributed by atoms with van der Waals surface area (Å²) < 4.78 is 7.32. The van der Waals surface area contributed by atoms with Crippen molar-refractivity contribution in [3.05, 3.63) is 54.1 Å². The van der Waals surface area contributed by atoms with Gasteiger partial charge in [-0.15, -0.1) is 0 Å². The van der Waals surface area contributed by atoms with Gasteiger partial charge in [0.2, 0.25) is 0 Å². The molecule has 106 valence electrons. The molecule has 1 heterocycles. The summed E-state index contributed by atoms with van der Waals surface area (Å²) in [4.78, 5) is 15.4. The zero-order chi connectivity index (χ0) is 14.8. The molecular formula is C15H13N3O3. The van der Waals surface area contributed by atoms with E-state index in [1.165, 1.54) is 6.33 Å². The summed E-state index contributed by atoms with van der Waals surface area (Å²) in [5.41, 5.74) is 0.135. The van der Waals surface area contributed by atoms with Gasteiger partial charge < -0.3 is 9.84 Å². The number of carboxylic acids is 1. The molecule has 0 amide bonds. The highest BCUT2D eigenvalue weighted by atomic mass is 16.5. The first-order valence-corrected chi connectivity index (χ1v) is 6.37. The van der Waals surface area contributed by atoms with Crippen LogP contribution in [0.15, 0.2) is 42.7 Å². The van der Waals surface area contributed by atoms with E-state index in [2.05, 4.69) is 10.1 Å². The summed E-state index contributed by atoms with van der Waals surface area (Å²) in [7, 11) is 1.76. The van der Waals surface area contributed by atoms with Crippen molar-refractivity contribution in [2.75, 3.05) is 0 Å². The molecule has 3 aromatic rings. The molecule has 0 atom stereocenters. The maximum absolute atomic E-state index is 11.4. The third kappa shape index (κ3) is 2.43. The second kappa shape index (κ2) is 5.24. The second-order valence-corrected chi connectivity index (χ2v) is 4.56. The van der Waals surface area contributed by atoms with E-state index in [9.17, 15) is 9.90 Å². The topological polar surface area (TPSA) is 77.2 Å². The Kier molecular flexibility index (Phi) is 3.27. The van der Waals surface area contributed by atoms with Gasteiger partial charge in [-0.2, -0.15) is 5.10 Å². The largest absolute Gasteiger partial charge is 0.484 e. The normalized spacial score (nSPS) is 10.7. The molecule has 0 aliphatic rings. The molecular weight excluding hydrogens is 270 g/mol. The van der Waals surface area contributed by atoms with Gasteiger partial charge in [0.05, 0.1) is 0 Å². The van der Waals surface area contributed by atoms with Crippen LogP contribution in [0.2, 0.25) is 0 Å². The molecule has 0 aliphatic heterocycles. The number of carbonyl (C=O) groups is 1. The predicted molar refractivity (Wildman–Crippen MR) is 76.2 cm³/mol. The zero-order valence-electron chi connectivity index (χ0n) is 11.4. The van der Waals surface area contributed by atoms with Crippen molar-refractivity contribution in [3.8, 4) is 5.75 Å². The lowest BCUT2D eigenvalue weighted by molar-refractivity contribution is 0.0692. The monoisotopic (exact) mass is 283 g/mol. The van der Waals surface area contributed by atoms with Crippen LogP contribution in [0.25, 0.3) is 10.8 Å². The van der Waals surface area contributed by atoms with Crippen LogP contribution < -0.4 is 4.74 Å². The first-order valence-electron chi connectivity index (χ1n) is 6.37. The van der Waals surface area contributed by atoms with Crippen LogP contribution in [0.4, 0.5) is 0 Å². The van der Waals surface area contributed by atoms with Gasteiger partial charge in [0.25, 0.3) is 0 Å². The SMILES string of the molecule is Cn1ncnc1COc1c(C(=O)O)ccc2ccccc12. The summed E-state index contributed by atoms with van der Waals surface area (Å²) in [5.74, 6) is -0.0448. The second-order valence-electron chi connectivity index (χ2n) is 4.56. The Morgan fingerprint density at radius 3 is 2.81 bits per heavy atom. The average molecular weight is 283 g/mol. The molecule has 0 saturated carbocycles. The van der Waals surface area contributed by atoms with Crippen LogP contribution in [0.3, 0.4) is 0 Å². The fourth-order valence-electron chi connectivity index (χ4n) is 2.15. The van der Waals surface area contributed by atoms with Crippen molar-refractivity contribution in [3.63, 3.8) is 0 Å². The number of rotatable bonds is 4. The quantitative estimate of drug-likeness (QED) is 0.794. The minimum absolute atomic E-state index is 0.135. The number of benzene rings is 2. The highest BCUT2D eigenvalue weighted by molar-refractivity contribution is 6.00. The number of fused-ring (bicyclic) bond motifs is 1. The van der Waals surface area contributed by atoms with E-state index in [1.54, 1.807) is 23.9 Å². The first kappa shape index (κ1) is 13.1. The van der Waals surface area contributed by atoms with Gasteiger partial charge >= 0.3 is 5.97 Å². The lowest BCUT2D eigenvalue weighted by Crippen LogP contribution is -2.08. The molecule has 0 aliphatic carbocycles. The fraction of sp³-hybridized carbons (Fsp3) is 0.133. The van der Waals surface area contributed by atoms with Crippen molar-refractivity contribution in [1.82, 2.24) is 14.8 Å². The van der Waals surface area contributed by atoms with Crippen LogP contribution in [-0.2, 0) is 13.7 Å². The van der Waals surface area contributed by atoms with Gasteiger partial charge in [-0.1, -0.05) is 30.3 Å². The van der Waals surface area contributed by atoms with Crippen LogP contribution in [0.5, 0.6) is 5.75 Å². The summed E-state index contributed by atoms with van der Waals surface area (Å²) in [5, 5.41) is 15.0. The van der Waals surface area contributed by atoms with E-state index in [1.807, 2.05) is 24.3 Å². The number of hydrogen-bond acceptors (Lipinski definition) is 4. The van der Waals surface area contributed by atoms with E-state index < -0.39 is 5.97 Å². The Labute approximate surface area is 120 Å². The van der Waals surface area contributed by atoms with Crippen molar-refractivity contribution >= 4 is 16.7 Å². The molecule has 6 heteroatoms. The van der Waals surface area contributed by atoms with Crippen LogP contribution >= 0.6 is 0 Å². The third-order valence-electron chi connectivity index (χ3n) is 3.26. The van der Waals surface area contributed by atoms with Gasteiger partial charge in [0, 0.05) is 12.4 Å². The van der Waals surface area contributed by atoms with E-state index in [0.29, 0.717) is 11.6 Å². The van der Waals surface area contributed by atoms with Gasteiger partial charge in [0.15, 0.2) is 5.82 Å². The highest BCUT2D eigenvalue weighted by Crippen LogP contribution is 2.30. The first-order chi connectivity index (χ1) is 10.2. The summed E-state index contributed by atoms with van der Waals surface area (Å²) in [6, 6.07) is 10.8. The Morgan fingerprint density at radius 2 is 2.10 bits per heavy atom. The average Bonchev–Trinajstić information content (AvgIpc) is 2.89. The van der Waals surface area contributed by atoms with Gasteiger partial charge in [-0.3, -0.25) is 4.68 Å². The van der Waals surface area contributed by atoms with Gasteiger partial charge in [-0.25, -0.2) is 9.78 Å². The Morgan fingerprint density at radius 1 is 1.29 bits per heavy atom. The van der Waals surface area contributed by atoms with Gasteiger partial charge in [0.1, 0.15) is 24.2 Å². The number of hydrogen-bond donors (Lipinski definition) is 1. The van der Waals surface area contributed by atoms with Crippen LogP contribution in [0.1, 0.15) is 16.2 Å². The lowest BCUT2D eigenvalue weighted by Gasteiger charge is -2.12. The van der Waals surface area contributed by atoms with Crippen LogP contribution in [0, 0.1) is 0 Å². The van der Waals surface area contributed by atoms with Crippen molar-refractivity contribution in [2.45, 2.75) is 6.61 Å². The smallest absolute Gasteiger partial charge is 0.339 e. The Balaban J connectivity index is 2.04. The minimum atomic E-state index is -1.02. The molecule has 0 radical (unpaired) electrons. The van der Waals surface area contributed by atoms with E-state index >= 15 is 0 Å². The molecule has 0 spiro atoms. The molecule has 1 aromatic heterocycles. The van der Waals surface area contributed by atoms with E-state index in [4.69, 9.17) is 4.74 Å². The molecule has 21 heavy (non-hydrogen) atoms. The molecule has 0 saturated heterocycles. The maximum atomic E-state index is 11.4. The fourth-order valence-corrected chi connectivity index (χ4v) is 2.15. The van der Waals surface area contributed by atoms with Crippen molar-refractivity contribution in [2.24, 2.45) is 7.05 Å². The Bertz CT molecular complexity index is 811. The number of aryl methyl sites for hydroxylation is 1. The molecule has 0 fully saturated rings. The maximum Gasteiger partial charge on any atom is 0.339 e. The molecule has 2 aromatic carbocycles. The molecule has 3 rings (SSSR count). The number of aromatic carboxylic acids is 1. The number of carboxylic acid groups (broad SMARTS) is 1. The van der Waals surface area contributed by atoms with Crippen LogP contribution in [-0.4, -0.2) is 25.8 Å². The number of aromatic nitrogens is 3. The van der Waals surface area contributed by atoms with Gasteiger partial charge in [-0.05, 0) is 11.5 Å². The van der Waals surface area contributed by atoms with E-state index in [-0.39, 0.29) is 12.2 Å². The summed E-state index contributed by atoms with van der Waals surface area (Å²) in [6.45, 7) is 0.158. The standard InChI is InChI=1S/C15H13N3O3/c1-18-13(16-9-17-18)8-21-14-11-5-3-2-4-10(11)6-7-12(14)15(19)20/h2-7,9H,8H2,1H3,(H,19,20). The van der Waals surface area contributed by atoms with Crippen molar-refractivity contribution in [1.29, 1.82) is 0 Å². The lowest BCUT2D eigenvalue weighted by atomic mass is 10.1.